The molecule has 1 aliphatic heterocycles. The van der Waals surface area contributed by atoms with Gasteiger partial charge in [-0.2, -0.15) is 0 Å². The van der Waals surface area contributed by atoms with Gasteiger partial charge < -0.3 is 6.92 Å². The number of rotatable bonds is 0. The molecular weight excluding hydrogens is 201 g/mol. The first-order valence-corrected chi connectivity index (χ1v) is 4.39. The van der Waals surface area contributed by atoms with Crippen molar-refractivity contribution in [2.75, 3.05) is 5.75 Å². The summed E-state index contributed by atoms with van der Waals surface area (Å²) in [6, 6.07) is 0. The molecular formula is C4H7S2Y-. The standard InChI is InChI=1S/C4H7S2.Y/c1-4-2-3-5-6-4;/h4H,1-3H2;/q-1;. The zero-order valence-corrected chi connectivity index (χ0v) is 8.56. The first kappa shape index (κ1) is 8.80. The quantitative estimate of drug-likeness (QED) is 0.441. The molecule has 3 heteroatoms. The predicted octanol–water partition coefficient (Wildman–Crippen LogP) is 1.97. The van der Waals surface area contributed by atoms with Crippen LogP contribution in [0.5, 0.6) is 0 Å². The molecule has 1 unspecified atom stereocenters. The van der Waals surface area contributed by atoms with E-state index in [0.717, 1.165) is 0 Å². The fourth-order valence-corrected chi connectivity index (χ4v) is 2.85. The van der Waals surface area contributed by atoms with Crippen LogP contribution in [0.4, 0.5) is 0 Å². The monoisotopic (exact) mass is 208 g/mol. The predicted molar refractivity (Wildman–Crippen MR) is 33.8 cm³/mol. The van der Waals surface area contributed by atoms with Gasteiger partial charge in [0.1, 0.15) is 0 Å². The molecule has 0 spiro atoms. The molecule has 1 atom stereocenters. The summed E-state index contributed by atoms with van der Waals surface area (Å²) in [7, 11) is 3.84. The Morgan fingerprint density at radius 3 is 2.43 bits per heavy atom. The van der Waals surface area contributed by atoms with Gasteiger partial charge in [-0.3, -0.25) is 0 Å². The Hall–Kier alpha value is 1.80. The minimum absolute atomic E-state index is 0. The van der Waals surface area contributed by atoms with Crippen LogP contribution >= 0.6 is 21.6 Å². The maximum Gasteiger partial charge on any atom is 0.00218 e. The Balaban J connectivity index is 0.000000360. The molecule has 1 saturated heterocycles. The van der Waals surface area contributed by atoms with Gasteiger partial charge >= 0.3 is 0 Å². The van der Waals surface area contributed by atoms with Gasteiger partial charge in [0, 0.05) is 38.5 Å². The smallest absolute Gasteiger partial charge is 0.00218 e. The zero-order chi connectivity index (χ0) is 4.41. The molecule has 39 valence electrons. The number of hydrogen-bond donors (Lipinski definition) is 0. The molecule has 1 fully saturated rings. The molecule has 1 radical (unpaired) electrons. The summed E-state index contributed by atoms with van der Waals surface area (Å²) in [6.07, 6.45) is 1.30. The second-order valence-electron chi connectivity index (χ2n) is 1.33. The molecule has 7 heavy (non-hydrogen) atoms. The Bertz CT molecular complexity index is 43.0. The van der Waals surface area contributed by atoms with Crippen LogP contribution in [0, 0.1) is 6.92 Å². The summed E-state index contributed by atoms with van der Waals surface area (Å²) in [5.41, 5.74) is 0. The van der Waals surface area contributed by atoms with Gasteiger partial charge in [0.25, 0.3) is 0 Å². The normalized spacial score (nSPS) is 29.6. The van der Waals surface area contributed by atoms with Crippen molar-refractivity contribution in [1.82, 2.24) is 0 Å². The minimum atomic E-state index is 0. The molecule has 0 saturated carbocycles. The largest absolute Gasteiger partial charge is 0.330 e. The van der Waals surface area contributed by atoms with E-state index in [-0.39, 0.29) is 32.7 Å². The molecule has 0 N–H and O–H groups in total. The Kier molecular flexibility index (Phi) is 5.86. The van der Waals surface area contributed by atoms with Crippen molar-refractivity contribution in [2.24, 2.45) is 0 Å². The van der Waals surface area contributed by atoms with Crippen LogP contribution in [0.25, 0.3) is 0 Å². The van der Waals surface area contributed by atoms with E-state index in [4.69, 9.17) is 0 Å². The van der Waals surface area contributed by atoms with E-state index in [1.165, 1.54) is 12.2 Å². The average molecular weight is 208 g/mol. The van der Waals surface area contributed by atoms with E-state index >= 15 is 0 Å². The van der Waals surface area contributed by atoms with Gasteiger partial charge in [0.15, 0.2) is 0 Å². The van der Waals surface area contributed by atoms with Gasteiger partial charge in [-0.25, -0.2) is 0 Å². The third kappa shape index (κ3) is 3.39. The van der Waals surface area contributed by atoms with Crippen molar-refractivity contribution in [3.8, 4) is 0 Å². The van der Waals surface area contributed by atoms with Crippen molar-refractivity contribution in [3.05, 3.63) is 6.92 Å². The van der Waals surface area contributed by atoms with Crippen LogP contribution in [0.1, 0.15) is 6.42 Å². The van der Waals surface area contributed by atoms with Crippen LogP contribution in [0.2, 0.25) is 0 Å². The maximum absolute atomic E-state index is 3.88. The van der Waals surface area contributed by atoms with Gasteiger partial charge in [0.2, 0.25) is 0 Å². The summed E-state index contributed by atoms with van der Waals surface area (Å²) in [5, 5.41) is 0.676. The fourth-order valence-electron chi connectivity index (χ4n) is 0.372. The molecule has 0 aromatic heterocycles. The summed E-state index contributed by atoms with van der Waals surface area (Å²) >= 11 is 0. The van der Waals surface area contributed by atoms with E-state index < -0.39 is 0 Å². The molecule has 0 aromatic rings. The second kappa shape index (κ2) is 4.66. The maximum atomic E-state index is 3.88. The molecule has 0 nitrogen and oxygen atoms in total. The third-order valence-corrected chi connectivity index (χ3v) is 3.50. The van der Waals surface area contributed by atoms with E-state index in [1.54, 1.807) is 0 Å². The Morgan fingerprint density at radius 1 is 1.57 bits per heavy atom. The van der Waals surface area contributed by atoms with Crippen LogP contribution in [0.3, 0.4) is 0 Å². The van der Waals surface area contributed by atoms with Crippen LogP contribution in [0.15, 0.2) is 0 Å². The summed E-state index contributed by atoms with van der Waals surface area (Å²) in [4.78, 5) is 0. The second-order valence-corrected chi connectivity index (χ2v) is 4.12. The first-order chi connectivity index (χ1) is 2.89. The van der Waals surface area contributed by atoms with Crippen molar-refractivity contribution in [1.29, 1.82) is 0 Å². The summed E-state index contributed by atoms with van der Waals surface area (Å²) in [5.74, 6) is 1.30. The van der Waals surface area contributed by atoms with Crippen molar-refractivity contribution in [3.63, 3.8) is 0 Å². The van der Waals surface area contributed by atoms with Gasteiger partial charge in [-0.15, -0.1) is 16.0 Å². The zero-order valence-electron chi connectivity index (χ0n) is 4.09. The average Bonchev–Trinajstić information content (AvgIpc) is 1.86. The fraction of sp³-hybridized carbons (Fsp3) is 0.750. The van der Waals surface area contributed by atoms with E-state index in [1.807, 2.05) is 21.6 Å². The first-order valence-electron chi connectivity index (χ1n) is 2.01. The van der Waals surface area contributed by atoms with E-state index in [2.05, 4.69) is 6.92 Å². The summed E-state index contributed by atoms with van der Waals surface area (Å²) in [6.45, 7) is 3.88. The molecule has 1 rings (SSSR count). The molecule has 0 aromatic carbocycles. The van der Waals surface area contributed by atoms with Crippen molar-refractivity contribution in [2.45, 2.75) is 11.7 Å². The topological polar surface area (TPSA) is 0 Å². The van der Waals surface area contributed by atoms with E-state index in [9.17, 15) is 0 Å². The SMILES string of the molecule is [CH2-]C1CCSS1.[Y]. The summed E-state index contributed by atoms with van der Waals surface area (Å²) < 4.78 is 0. The minimum Gasteiger partial charge on any atom is -0.330 e. The van der Waals surface area contributed by atoms with E-state index in [0.29, 0.717) is 5.25 Å². The van der Waals surface area contributed by atoms with Crippen LogP contribution < -0.4 is 0 Å². The molecule has 0 bridgehead atoms. The molecule has 1 aliphatic rings. The Morgan fingerprint density at radius 2 is 2.29 bits per heavy atom. The Labute approximate surface area is 77.9 Å². The molecule has 0 aliphatic carbocycles. The van der Waals surface area contributed by atoms with Crippen molar-refractivity contribution >= 4 is 21.6 Å². The van der Waals surface area contributed by atoms with Crippen molar-refractivity contribution < 1.29 is 32.7 Å². The van der Waals surface area contributed by atoms with Gasteiger partial charge in [0.05, 0.1) is 0 Å². The molecule has 0 amide bonds. The van der Waals surface area contributed by atoms with Gasteiger partial charge in [-0.1, -0.05) is 17.2 Å². The number of hydrogen-bond acceptors (Lipinski definition) is 2. The van der Waals surface area contributed by atoms with Crippen LogP contribution in [-0.2, 0) is 32.7 Å². The third-order valence-electron chi connectivity index (χ3n) is 0.727. The van der Waals surface area contributed by atoms with Gasteiger partial charge in [-0.05, 0) is 0 Å². The van der Waals surface area contributed by atoms with Crippen LogP contribution in [-0.4, -0.2) is 11.0 Å². The molecule has 1 heterocycles.